The lowest BCUT2D eigenvalue weighted by molar-refractivity contribution is -0.153. The summed E-state index contributed by atoms with van der Waals surface area (Å²) in [7, 11) is 1.43. The molecule has 4 atom stereocenters. The first-order valence-corrected chi connectivity index (χ1v) is 10.7. The number of nitrogens with zero attached hydrogens (tertiary/aromatic N) is 2. The number of quaternary nitrogens is 1. The van der Waals surface area contributed by atoms with E-state index in [1.807, 2.05) is 6.07 Å². The summed E-state index contributed by atoms with van der Waals surface area (Å²) >= 11 is 0. The van der Waals surface area contributed by atoms with Gasteiger partial charge in [-0.2, -0.15) is 23.6 Å². The highest BCUT2D eigenvalue weighted by atomic mass is 19.4. The van der Waals surface area contributed by atoms with Gasteiger partial charge in [-0.05, 0) is 13.0 Å². The van der Waals surface area contributed by atoms with Gasteiger partial charge in [-0.1, -0.05) is 49.4 Å². The van der Waals surface area contributed by atoms with Crippen molar-refractivity contribution in [2.24, 2.45) is 16.8 Å². The van der Waals surface area contributed by atoms with Crippen LogP contribution in [0.15, 0.2) is 59.6 Å². The fourth-order valence-electron chi connectivity index (χ4n) is 3.82. The van der Waals surface area contributed by atoms with Gasteiger partial charge in [-0.25, -0.2) is 4.79 Å². The quantitative estimate of drug-likeness (QED) is 0.290. The van der Waals surface area contributed by atoms with Crippen LogP contribution >= 0.6 is 0 Å². The van der Waals surface area contributed by atoms with E-state index in [1.165, 1.54) is 14.0 Å². The molecule has 0 bridgehead atoms. The molecule has 1 aliphatic rings. The molecule has 10 heteroatoms. The van der Waals surface area contributed by atoms with E-state index in [4.69, 9.17) is 5.84 Å². The number of halogens is 3. The summed E-state index contributed by atoms with van der Waals surface area (Å²) < 4.78 is 37.2. The number of nitrogens with one attached hydrogen (secondary N) is 1. The fraction of sp³-hybridized carbons (Fsp3) is 0.333. The summed E-state index contributed by atoms with van der Waals surface area (Å²) in [5.41, 5.74) is 2.02. The molecule has 0 saturated carbocycles. The van der Waals surface area contributed by atoms with Gasteiger partial charge in [0.2, 0.25) is 11.9 Å². The van der Waals surface area contributed by atoms with Gasteiger partial charge in [0, 0.05) is 17.5 Å². The van der Waals surface area contributed by atoms with E-state index in [1.54, 1.807) is 48.5 Å². The van der Waals surface area contributed by atoms with Crippen LogP contribution in [0.25, 0.3) is 0 Å². The number of benzodiazepines with no additional fused rings is 1. The van der Waals surface area contributed by atoms with Crippen LogP contribution in [-0.4, -0.2) is 48.6 Å². The SMILES string of the molecule is C[C@H](NC(=O)[C@@H](C)CC(F)(F)F)C(=O)C1N=C(c2ccccc2)c2ccccc2[N+](C)(N)C1=O. The van der Waals surface area contributed by atoms with Crippen molar-refractivity contribution in [1.82, 2.24) is 9.91 Å². The minimum absolute atomic E-state index is 0.374. The summed E-state index contributed by atoms with van der Waals surface area (Å²) in [6.07, 6.45) is -5.85. The maximum Gasteiger partial charge on any atom is 0.389 e. The zero-order chi connectivity index (χ0) is 25.3. The van der Waals surface area contributed by atoms with Crippen molar-refractivity contribution in [3.05, 3.63) is 65.7 Å². The van der Waals surface area contributed by atoms with Crippen LogP contribution in [0, 0.1) is 5.92 Å². The van der Waals surface area contributed by atoms with Crippen LogP contribution in [0.3, 0.4) is 0 Å². The van der Waals surface area contributed by atoms with Gasteiger partial charge in [0.15, 0.2) is 11.5 Å². The Bertz CT molecular complexity index is 1130. The Morgan fingerprint density at radius 3 is 2.29 bits per heavy atom. The number of hydrogen-bond acceptors (Lipinski definition) is 5. The Morgan fingerprint density at radius 1 is 1.09 bits per heavy atom. The monoisotopic (exact) mass is 475 g/mol. The lowest BCUT2D eigenvalue weighted by Crippen LogP contribution is -2.62. The molecule has 3 rings (SSSR count). The average Bonchev–Trinajstić information content (AvgIpc) is 2.86. The minimum Gasteiger partial charge on any atom is -0.346 e. The maximum atomic E-state index is 13.4. The van der Waals surface area contributed by atoms with Gasteiger partial charge < -0.3 is 5.32 Å². The third kappa shape index (κ3) is 5.23. The first kappa shape index (κ1) is 25.3. The maximum absolute atomic E-state index is 13.4. The minimum atomic E-state index is -4.53. The van der Waals surface area contributed by atoms with Crippen LogP contribution in [0.4, 0.5) is 18.9 Å². The summed E-state index contributed by atoms with van der Waals surface area (Å²) in [5.74, 6) is 2.53. The van der Waals surface area contributed by atoms with Crippen molar-refractivity contribution in [1.29, 1.82) is 0 Å². The van der Waals surface area contributed by atoms with E-state index in [-0.39, 0.29) is 0 Å². The predicted octanol–water partition coefficient (Wildman–Crippen LogP) is 2.91. The second-order valence-corrected chi connectivity index (χ2v) is 8.53. The zero-order valence-electron chi connectivity index (χ0n) is 19.0. The predicted molar refractivity (Wildman–Crippen MR) is 122 cm³/mol. The van der Waals surface area contributed by atoms with Crippen molar-refractivity contribution in [3.8, 4) is 0 Å². The highest BCUT2D eigenvalue weighted by Gasteiger charge is 2.47. The van der Waals surface area contributed by atoms with Crippen LogP contribution < -0.4 is 15.8 Å². The second-order valence-electron chi connectivity index (χ2n) is 8.53. The van der Waals surface area contributed by atoms with Gasteiger partial charge in [0.25, 0.3) is 0 Å². The molecule has 0 aliphatic carbocycles. The Kier molecular flexibility index (Phi) is 7.04. The number of rotatable bonds is 6. The number of ketones is 1. The Labute approximate surface area is 195 Å². The van der Waals surface area contributed by atoms with Gasteiger partial charge in [0.05, 0.1) is 30.8 Å². The van der Waals surface area contributed by atoms with Crippen molar-refractivity contribution in [2.75, 3.05) is 7.05 Å². The number of amides is 2. The van der Waals surface area contributed by atoms with E-state index < -0.39 is 52.8 Å². The Morgan fingerprint density at radius 2 is 1.68 bits per heavy atom. The molecule has 7 nitrogen and oxygen atoms in total. The summed E-state index contributed by atoms with van der Waals surface area (Å²) in [4.78, 5) is 43.4. The van der Waals surface area contributed by atoms with E-state index in [2.05, 4.69) is 10.3 Å². The second kappa shape index (κ2) is 9.47. The Hall–Kier alpha value is -3.37. The number of likely N-dealkylation sites (N-methyl/N-ethyl adjacent to an activating group) is 1. The third-order valence-corrected chi connectivity index (χ3v) is 5.70. The number of carbonyl (C=O) groups is 3. The summed E-state index contributed by atoms with van der Waals surface area (Å²) in [6.45, 7) is 2.43. The molecule has 0 aromatic heterocycles. The lowest BCUT2D eigenvalue weighted by atomic mass is 10.00. The number of alkyl halides is 3. The molecular weight excluding hydrogens is 449 g/mol. The molecule has 180 valence electrons. The highest BCUT2D eigenvalue weighted by Crippen LogP contribution is 2.31. The topological polar surface area (TPSA) is 102 Å². The molecule has 0 saturated heterocycles. The van der Waals surface area contributed by atoms with Gasteiger partial charge in [0.1, 0.15) is 0 Å². The van der Waals surface area contributed by atoms with Crippen molar-refractivity contribution >= 4 is 29.0 Å². The average molecular weight is 475 g/mol. The number of aliphatic imine (C=N–C) groups is 1. The molecule has 0 spiro atoms. The zero-order valence-corrected chi connectivity index (χ0v) is 19.0. The summed E-state index contributed by atoms with van der Waals surface area (Å²) in [6, 6.07) is 13.0. The molecule has 2 unspecified atom stereocenters. The molecule has 0 radical (unpaired) electrons. The normalized spacial score (nSPS) is 22.1. The van der Waals surface area contributed by atoms with E-state index >= 15 is 0 Å². The molecule has 3 N–H and O–H groups in total. The fourth-order valence-corrected chi connectivity index (χ4v) is 3.82. The molecule has 2 aromatic rings. The number of fused-ring (bicyclic) bond motifs is 1. The third-order valence-electron chi connectivity index (χ3n) is 5.70. The number of Topliss-reactive ketones (excluding diaryl/α,β-unsaturated/α-hetero) is 1. The largest absolute Gasteiger partial charge is 0.389 e. The van der Waals surface area contributed by atoms with E-state index in [9.17, 15) is 27.6 Å². The van der Waals surface area contributed by atoms with Gasteiger partial charge >= 0.3 is 12.1 Å². The first-order chi connectivity index (χ1) is 15.8. The first-order valence-electron chi connectivity index (χ1n) is 10.7. The standard InChI is InChI=1S/C24H25F3N4O3/c1-14(13-24(25,26)27)22(33)29-15(2)21(32)20-23(34)31(3,28)18-12-8-7-11-17(18)19(30-20)16-9-5-4-6-10-16/h4-12,14-15,20H,13,28H2,1-3H3/p+1/t14-,15-,20?,31?/m0/s1. The summed E-state index contributed by atoms with van der Waals surface area (Å²) in [5, 5.41) is 2.29. The van der Waals surface area contributed by atoms with E-state index in [0.29, 0.717) is 22.5 Å². The number of carbonyl (C=O) groups excluding carboxylic acids is 3. The Balaban J connectivity index is 1.99. The highest BCUT2D eigenvalue weighted by molar-refractivity contribution is 6.22. The molecule has 0 fully saturated rings. The molecule has 2 amide bonds. The lowest BCUT2D eigenvalue weighted by Gasteiger charge is -2.27. The number of benzene rings is 2. The van der Waals surface area contributed by atoms with Crippen LogP contribution in [0.2, 0.25) is 0 Å². The van der Waals surface area contributed by atoms with Gasteiger partial charge in [-0.15, -0.1) is 0 Å². The van der Waals surface area contributed by atoms with Crippen LogP contribution in [0.5, 0.6) is 0 Å². The van der Waals surface area contributed by atoms with Crippen molar-refractivity contribution < 1.29 is 27.6 Å². The smallest absolute Gasteiger partial charge is 0.346 e. The molecular formula is C24H26F3N4O3+. The number of hydrogen-bond donors (Lipinski definition) is 2. The van der Waals surface area contributed by atoms with E-state index in [0.717, 1.165) is 6.92 Å². The molecule has 1 aliphatic heterocycles. The van der Waals surface area contributed by atoms with Crippen LogP contribution in [-0.2, 0) is 14.4 Å². The molecule has 2 aromatic carbocycles. The number of para-hydroxylation sites is 1. The van der Waals surface area contributed by atoms with Crippen LogP contribution in [0.1, 0.15) is 31.4 Å². The van der Waals surface area contributed by atoms with Crippen molar-refractivity contribution in [3.63, 3.8) is 0 Å². The molecule has 1 heterocycles. The van der Waals surface area contributed by atoms with Gasteiger partial charge in [-0.3, -0.25) is 14.6 Å². The number of nitrogens with two attached hydrogens (primary N) is 1. The van der Waals surface area contributed by atoms with Crippen molar-refractivity contribution in [2.45, 2.75) is 38.5 Å². The molecule has 34 heavy (non-hydrogen) atoms.